The molecule has 2 aromatic carbocycles. The average Bonchev–Trinajstić information content (AvgIpc) is 2.62. The lowest BCUT2D eigenvalue weighted by Gasteiger charge is -2.23. The first-order valence-corrected chi connectivity index (χ1v) is 10.2. The van der Waals surface area contributed by atoms with E-state index >= 15 is 0 Å². The molecule has 8 heteroatoms. The van der Waals surface area contributed by atoms with Crippen molar-refractivity contribution in [3.8, 4) is 0 Å². The molecule has 0 amide bonds. The molecule has 2 aromatic rings. The van der Waals surface area contributed by atoms with Crippen molar-refractivity contribution in [2.75, 3.05) is 28.2 Å². The van der Waals surface area contributed by atoms with Gasteiger partial charge >= 0.3 is 0 Å². The molecule has 0 saturated heterocycles. The summed E-state index contributed by atoms with van der Waals surface area (Å²) >= 11 is 6.04. The van der Waals surface area contributed by atoms with E-state index in [0.29, 0.717) is 29.6 Å². The molecule has 0 saturated carbocycles. The summed E-state index contributed by atoms with van der Waals surface area (Å²) in [5.41, 5.74) is 1.74. The number of aliphatic imine (C=N–C) groups is 1. The molecule has 0 bridgehead atoms. The van der Waals surface area contributed by atoms with Gasteiger partial charge in [-0.3, -0.25) is 4.99 Å². The number of benzene rings is 2. The minimum Gasteiger partial charge on any atom is -0.352 e. The van der Waals surface area contributed by atoms with Crippen LogP contribution in [-0.4, -0.2) is 51.8 Å². The third-order valence-electron chi connectivity index (χ3n) is 4.05. The van der Waals surface area contributed by atoms with Gasteiger partial charge in [0.25, 0.3) is 0 Å². The second-order valence-corrected chi connectivity index (χ2v) is 8.84. The molecule has 0 radical (unpaired) electrons. The number of nitrogens with zero attached hydrogens (tertiary/aromatic N) is 3. The van der Waals surface area contributed by atoms with E-state index in [-0.39, 0.29) is 4.90 Å². The number of halogens is 1. The van der Waals surface area contributed by atoms with Crippen LogP contribution in [0.1, 0.15) is 11.1 Å². The van der Waals surface area contributed by atoms with Crippen LogP contribution in [0.25, 0.3) is 0 Å². The minimum atomic E-state index is -3.51. The predicted octanol–water partition coefficient (Wildman–Crippen LogP) is 2.80. The van der Waals surface area contributed by atoms with Gasteiger partial charge in [-0.25, -0.2) is 12.7 Å². The first kappa shape index (κ1) is 21.2. The van der Waals surface area contributed by atoms with Gasteiger partial charge in [0.1, 0.15) is 0 Å². The summed E-state index contributed by atoms with van der Waals surface area (Å²) in [6.45, 7) is 0.966. The number of guanidine groups is 1. The van der Waals surface area contributed by atoms with Crippen LogP contribution in [0.15, 0.2) is 58.4 Å². The standard InChI is InChI=1S/C19H25ClN4O2S/c1-21-19(24(4)14-15-8-7-10-17(20)12-15)22-13-16-9-5-6-11-18(16)27(25,26)23(2)3/h5-12H,13-14H2,1-4H3,(H,21,22). The Morgan fingerprint density at radius 3 is 2.44 bits per heavy atom. The quantitative estimate of drug-likeness (QED) is 0.589. The van der Waals surface area contributed by atoms with E-state index in [1.165, 1.54) is 18.4 Å². The summed E-state index contributed by atoms with van der Waals surface area (Å²) in [7, 11) is 3.15. The van der Waals surface area contributed by atoms with E-state index in [9.17, 15) is 8.42 Å². The Hall–Kier alpha value is -2.09. The van der Waals surface area contributed by atoms with Crippen LogP contribution >= 0.6 is 11.6 Å². The van der Waals surface area contributed by atoms with Crippen molar-refractivity contribution in [3.05, 3.63) is 64.7 Å². The Morgan fingerprint density at radius 1 is 1.11 bits per heavy atom. The molecule has 27 heavy (non-hydrogen) atoms. The lowest BCUT2D eigenvalue weighted by atomic mass is 10.2. The Kier molecular flexibility index (Phi) is 7.24. The zero-order chi connectivity index (χ0) is 20.0. The highest BCUT2D eigenvalue weighted by Crippen LogP contribution is 2.18. The number of sulfonamides is 1. The van der Waals surface area contributed by atoms with Gasteiger partial charge in [-0.1, -0.05) is 41.9 Å². The average molecular weight is 409 g/mol. The van der Waals surface area contributed by atoms with Gasteiger partial charge in [0.2, 0.25) is 10.0 Å². The third kappa shape index (κ3) is 5.45. The molecule has 2 rings (SSSR count). The second-order valence-electron chi connectivity index (χ2n) is 6.28. The molecule has 1 N–H and O–H groups in total. The van der Waals surface area contributed by atoms with Crippen molar-refractivity contribution in [1.82, 2.24) is 14.5 Å². The van der Waals surface area contributed by atoms with Crippen molar-refractivity contribution >= 4 is 27.6 Å². The van der Waals surface area contributed by atoms with Gasteiger partial charge in [0.15, 0.2) is 5.96 Å². The first-order chi connectivity index (χ1) is 12.8. The topological polar surface area (TPSA) is 65.0 Å². The van der Waals surface area contributed by atoms with E-state index in [2.05, 4.69) is 10.3 Å². The smallest absolute Gasteiger partial charge is 0.242 e. The zero-order valence-corrected chi connectivity index (χ0v) is 17.5. The lowest BCUT2D eigenvalue weighted by molar-refractivity contribution is 0.476. The molecule has 0 aliphatic heterocycles. The van der Waals surface area contributed by atoms with Crippen molar-refractivity contribution in [2.24, 2.45) is 4.99 Å². The molecule has 0 heterocycles. The summed E-state index contributed by atoms with van der Waals surface area (Å²) in [5.74, 6) is 0.659. The lowest BCUT2D eigenvalue weighted by Crippen LogP contribution is -2.38. The molecule has 0 aromatic heterocycles. The first-order valence-electron chi connectivity index (χ1n) is 8.42. The van der Waals surface area contributed by atoms with Gasteiger partial charge in [-0.2, -0.15) is 0 Å². The van der Waals surface area contributed by atoms with Crippen LogP contribution in [0.3, 0.4) is 0 Å². The van der Waals surface area contributed by atoms with Gasteiger partial charge in [-0.05, 0) is 29.3 Å². The normalized spacial score (nSPS) is 12.3. The van der Waals surface area contributed by atoms with Crippen LogP contribution in [0, 0.1) is 0 Å². The largest absolute Gasteiger partial charge is 0.352 e. The Bertz CT molecular complexity index is 913. The van der Waals surface area contributed by atoms with Crippen molar-refractivity contribution in [1.29, 1.82) is 0 Å². The molecule has 0 aliphatic carbocycles. The third-order valence-corrected chi connectivity index (χ3v) is 6.20. The highest BCUT2D eigenvalue weighted by Gasteiger charge is 2.20. The highest BCUT2D eigenvalue weighted by atomic mass is 35.5. The fraction of sp³-hybridized carbons (Fsp3) is 0.316. The zero-order valence-electron chi connectivity index (χ0n) is 16.0. The van der Waals surface area contributed by atoms with Crippen molar-refractivity contribution in [3.63, 3.8) is 0 Å². The van der Waals surface area contributed by atoms with Crippen molar-refractivity contribution in [2.45, 2.75) is 18.0 Å². The Labute approximate surface area is 166 Å². The maximum atomic E-state index is 12.5. The summed E-state index contributed by atoms with van der Waals surface area (Å²) in [4.78, 5) is 6.53. The minimum absolute atomic E-state index is 0.287. The fourth-order valence-corrected chi connectivity index (χ4v) is 3.97. The second kappa shape index (κ2) is 9.21. The van der Waals surface area contributed by atoms with Gasteiger partial charge in [0, 0.05) is 46.3 Å². The van der Waals surface area contributed by atoms with E-state index < -0.39 is 10.0 Å². The summed E-state index contributed by atoms with van der Waals surface area (Å²) in [5, 5.41) is 3.92. The predicted molar refractivity (Wildman–Crippen MR) is 110 cm³/mol. The molecule has 146 valence electrons. The molecular weight excluding hydrogens is 384 g/mol. The Morgan fingerprint density at radius 2 is 1.81 bits per heavy atom. The Balaban J connectivity index is 2.13. The number of hydrogen-bond donors (Lipinski definition) is 1. The molecule has 0 aliphatic rings. The SMILES string of the molecule is CN=C(NCc1ccccc1S(=O)(=O)N(C)C)N(C)Cc1cccc(Cl)c1. The number of hydrogen-bond acceptors (Lipinski definition) is 3. The molecule has 0 fully saturated rings. The van der Waals surface area contributed by atoms with Gasteiger partial charge < -0.3 is 10.2 Å². The van der Waals surface area contributed by atoms with Crippen LogP contribution < -0.4 is 5.32 Å². The highest BCUT2D eigenvalue weighted by molar-refractivity contribution is 7.89. The van der Waals surface area contributed by atoms with E-state index in [1.54, 1.807) is 25.2 Å². The fourth-order valence-electron chi connectivity index (χ4n) is 2.64. The molecule has 0 atom stereocenters. The maximum Gasteiger partial charge on any atom is 0.242 e. The van der Waals surface area contributed by atoms with Crippen LogP contribution in [-0.2, 0) is 23.1 Å². The number of rotatable bonds is 6. The van der Waals surface area contributed by atoms with Crippen LogP contribution in [0.2, 0.25) is 5.02 Å². The molecule has 0 unspecified atom stereocenters. The molecule has 0 spiro atoms. The number of nitrogens with one attached hydrogen (secondary N) is 1. The van der Waals surface area contributed by atoms with E-state index in [0.717, 1.165) is 5.56 Å². The molecular formula is C19H25ClN4O2S. The van der Waals surface area contributed by atoms with E-state index in [1.807, 2.05) is 42.3 Å². The molecule has 6 nitrogen and oxygen atoms in total. The van der Waals surface area contributed by atoms with Gasteiger partial charge in [0.05, 0.1) is 4.90 Å². The van der Waals surface area contributed by atoms with Crippen LogP contribution in [0.4, 0.5) is 0 Å². The summed E-state index contributed by atoms with van der Waals surface area (Å²) in [6, 6.07) is 14.6. The van der Waals surface area contributed by atoms with Crippen molar-refractivity contribution < 1.29 is 8.42 Å². The summed E-state index contributed by atoms with van der Waals surface area (Å²) < 4.78 is 26.3. The monoisotopic (exact) mass is 408 g/mol. The summed E-state index contributed by atoms with van der Waals surface area (Å²) in [6.07, 6.45) is 0. The van der Waals surface area contributed by atoms with Gasteiger partial charge in [-0.15, -0.1) is 0 Å². The maximum absolute atomic E-state index is 12.5. The van der Waals surface area contributed by atoms with Crippen LogP contribution in [0.5, 0.6) is 0 Å². The van der Waals surface area contributed by atoms with E-state index in [4.69, 9.17) is 11.6 Å².